The van der Waals surface area contributed by atoms with Gasteiger partial charge in [-0.3, -0.25) is 14.6 Å². The standard InChI is InChI=1S/C13H12N2O.C2H3ClO/c1-9-12(11(14)7-8-15-9)13(16)10-5-3-2-4-6-10;1-2(3)4/h2-8H,1H3,(H2,14,15);1H3. The summed E-state index contributed by atoms with van der Waals surface area (Å²) in [7, 11) is 0. The number of carbonyl (C=O) groups excluding carboxylic acids is 2. The smallest absolute Gasteiger partial charge is 0.218 e. The molecule has 0 aliphatic heterocycles. The van der Waals surface area contributed by atoms with Crippen molar-refractivity contribution >= 4 is 28.3 Å². The van der Waals surface area contributed by atoms with Gasteiger partial charge in [-0.2, -0.15) is 0 Å². The average molecular weight is 291 g/mol. The molecule has 0 spiro atoms. The summed E-state index contributed by atoms with van der Waals surface area (Å²) in [5.41, 5.74) is 8.06. The fourth-order valence-corrected chi connectivity index (χ4v) is 1.62. The quantitative estimate of drug-likeness (QED) is 0.681. The Bertz CT molecular complexity index is 588. The minimum Gasteiger partial charge on any atom is -0.398 e. The average Bonchev–Trinajstić information content (AvgIpc) is 2.38. The van der Waals surface area contributed by atoms with Gasteiger partial charge in [0, 0.05) is 24.4 Å². The van der Waals surface area contributed by atoms with Crippen LogP contribution >= 0.6 is 11.6 Å². The summed E-state index contributed by atoms with van der Waals surface area (Å²) >= 11 is 4.64. The third kappa shape index (κ3) is 4.48. The summed E-state index contributed by atoms with van der Waals surface area (Å²) in [4.78, 5) is 25.5. The number of nitrogen functional groups attached to an aromatic ring is 1. The van der Waals surface area contributed by atoms with Gasteiger partial charge < -0.3 is 5.73 Å². The van der Waals surface area contributed by atoms with Crippen LogP contribution in [-0.4, -0.2) is 16.0 Å². The molecule has 0 bridgehead atoms. The molecule has 4 nitrogen and oxygen atoms in total. The lowest BCUT2D eigenvalue weighted by Crippen LogP contribution is -2.08. The molecule has 0 radical (unpaired) electrons. The molecule has 5 heteroatoms. The molecule has 0 aliphatic rings. The van der Waals surface area contributed by atoms with Gasteiger partial charge in [-0.05, 0) is 24.6 Å². The summed E-state index contributed by atoms with van der Waals surface area (Å²) < 4.78 is 0. The first-order valence-electron chi connectivity index (χ1n) is 5.90. The maximum atomic E-state index is 12.2. The molecule has 0 atom stereocenters. The van der Waals surface area contributed by atoms with Crippen LogP contribution in [0.3, 0.4) is 0 Å². The van der Waals surface area contributed by atoms with E-state index in [1.165, 1.54) is 6.92 Å². The molecule has 0 amide bonds. The van der Waals surface area contributed by atoms with Crippen LogP contribution in [0.1, 0.15) is 28.5 Å². The highest BCUT2D eigenvalue weighted by Crippen LogP contribution is 2.18. The van der Waals surface area contributed by atoms with Crippen molar-refractivity contribution in [2.75, 3.05) is 5.73 Å². The topological polar surface area (TPSA) is 73.1 Å². The number of anilines is 1. The molecule has 2 aromatic rings. The lowest BCUT2D eigenvalue weighted by molar-refractivity contribution is -0.109. The molecule has 1 heterocycles. The van der Waals surface area contributed by atoms with E-state index < -0.39 is 0 Å². The fourth-order valence-electron chi connectivity index (χ4n) is 1.62. The van der Waals surface area contributed by atoms with Crippen LogP contribution in [0.5, 0.6) is 0 Å². The summed E-state index contributed by atoms with van der Waals surface area (Å²) in [6.45, 7) is 3.08. The van der Waals surface area contributed by atoms with Gasteiger partial charge >= 0.3 is 0 Å². The molecule has 0 fully saturated rings. The number of hydrogen-bond donors (Lipinski definition) is 1. The van der Waals surface area contributed by atoms with Gasteiger partial charge in [-0.25, -0.2) is 0 Å². The first-order valence-corrected chi connectivity index (χ1v) is 6.28. The second-order valence-corrected chi connectivity index (χ2v) is 4.56. The van der Waals surface area contributed by atoms with E-state index in [0.717, 1.165) is 0 Å². The molecular weight excluding hydrogens is 276 g/mol. The van der Waals surface area contributed by atoms with E-state index in [1.54, 1.807) is 31.3 Å². The second kappa shape index (κ2) is 7.40. The lowest BCUT2D eigenvalue weighted by Gasteiger charge is -2.07. The maximum Gasteiger partial charge on any atom is 0.218 e. The minimum absolute atomic E-state index is 0.0799. The van der Waals surface area contributed by atoms with E-state index in [-0.39, 0.29) is 11.0 Å². The molecular formula is C15H15ClN2O2. The predicted molar refractivity (Wildman–Crippen MR) is 79.8 cm³/mol. The number of aromatic nitrogens is 1. The fraction of sp³-hybridized carbons (Fsp3) is 0.133. The van der Waals surface area contributed by atoms with E-state index in [4.69, 9.17) is 5.73 Å². The summed E-state index contributed by atoms with van der Waals surface area (Å²) in [6.07, 6.45) is 1.60. The molecule has 20 heavy (non-hydrogen) atoms. The highest BCUT2D eigenvalue weighted by atomic mass is 35.5. The number of hydrogen-bond acceptors (Lipinski definition) is 4. The largest absolute Gasteiger partial charge is 0.398 e. The summed E-state index contributed by atoms with van der Waals surface area (Å²) in [6, 6.07) is 10.7. The molecule has 0 saturated carbocycles. The number of pyridine rings is 1. The predicted octanol–water partition coefficient (Wildman–Crippen LogP) is 2.97. The number of halogens is 1. The Morgan fingerprint density at radius 2 is 1.70 bits per heavy atom. The summed E-state index contributed by atoms with van der Waals surface area (Å²) in [5.74, 6) is -0.0799. The molecule has 2 rings (SSSR count). The number of nitrogens with two attached hydrogens (primary N) is 1. The van der Waals surface area contributed by atoms with Crippen molar-refractivity contribution in [3.05, 3.63) is 59.4 Å². The van der Waals surface area contributed by atoms with Crippen LogP contribution < -0.4 is 5.73 Å². The number of rotatable bonds is 2. The molecule has 104 valence electrons. The molecule has 0 aliphatic carbocycles. The Balaban J connectivity index is 0.000000444. The number of aryl methyl sites for hydroxylation is 1. The van der Waals surface area contributed by atoms with Crippen molar-refractivity contribution in [2.24, 2.45) is 0 Å². The zero-order valence-electron chi connectivity index (χ0n) is 11.3. The van der Waals surface area contributed by atoms with E-state index in [2.05, 4.69) is 16.6 Å². The van der Waals surface area contributed by atoms with E-state index >= 15 is 0 Å². The highest BCUT2D eigenvalue weighted by Gasteiger charge is 2.14. The Morgan fingerprint density at radius 3 is 2.20 bits per heavy atom. The number of carbonyl (C=O) groups is 2. The number of benzene rings is 1. The Morgan fingerprint density at radius 1 is 1.15 bits per heavy atom. The Labute approximate surface area is 122 Å². The van der Waals surface area contributed by atoms with E-state index in [0.29, 0.717) is 22.5 Å². The van der Waals surface area contributed by atoms with Gasteiger partial charge in [-0.15, -0.1) is 0 Å². The molecule has 1 aromatic carbocycles. The van der Waals surface area contributed by atoms with Gasteiger partial charge in [0.2, 0.25) is 5.24 Å². The monoisotopic (exact) mass is 290 g/mol. The molecule has 1 aromatic heterocycles. The number of ketones is 1. The first kappa shape index (κ1) is 15.9. The number of nitrogens with zero attached hydrogens (tertiary/aromatic N) is 1. The van der Waals surface area contributed by atoms with Crippen molar-refractivity contribution in [3.8, 4) is 0 Å². The van der Waals surface area contributed by atoms with Crippen molar-refractivity contribution in [2.45, 2.75) is 13.8 Å². The zero-order valence-corrected chi connectivity index (χ0v) is 12.0. The summed E-state index contributed by atoms with van der Waals surface area (Å²) in [5, 5.41) is -0.361. The molecule has 0 saturated heterocycles. The zero-order chi connectivity index (χ0) is 15.1. The normalized spacial score (nSPS) is 9.35. The van der Waals surface area contributed by atoms with Crippen molar-refractivity contribution in [3.63, 3.8) is 0 Å². The lowest BCUT2D eigenvalue weighted by atomic mass is 10.0. The second-order valence-electron chi connectivity index (χ2n) is 4.03. The van der Waals surface area contributed by atoms with E-state index in [9.17, 15) is 9.59 Å². The van der Waals surface area contributed by atoms with Crippen LogP contribution in [0, 0.1) is 6.92 Å². The third-order valence-electron chi connectivity index (χ3n) is 2.44. The van der Waals surface area contributed by atoms with Crippen LogP contribution in [0.2, 0.25) is 0 Å². The van der Waals surface area contributed by atoms with Crippen LogP contribution in [0.25, 0.3) is 0 Å². The van der Waals surface area contributed by atoms with Gasteiger partial charge in [0.25, 0.3) is 0 Å². The molecule has 0 unspecified atom stereocenters. The SMILES string of the molecule is CC(=O)Cl.Cc1nccc(N)c1C(=O)c1ccccc1. The minimum atomic E-state index is -0.361. The van der Waals surface area contributed by atoms with Crippen molar-refractivity contribution in [1.82, 2.24) is 4.98 Å². The van der Waals surface area contributed by atoms with E-state index in [1.807, 2.05) is 18.2 Å². The van der Waals surface area contributed by atoms with Crippen molar-refractivity contribution < 1.29 is 9.59 Å². The van der Waals surface area contributed by atoms with Gasteiger partial charge in [0.15, 0.2) is 5.78 Å². The Kier molecular flexibility index (Phi) is 5.87. The first-order chi connectivity index (χ1) is 9.43. The highest BCUT2D eigenvalue weighted by molar-refractivity contribution is 6.62. The van der Waals surface area contributed by atoms with Gasteiger partial charge in [0.05, 0.1) is 11.3 Å². The van der Waals surface area contributed by atoms with Crippen LogP contribution in [-0.2, 0) is 4.79 Å². The molecule has 2 N–H and O–H groups in total. The third-order valence-corrected chi connectivity index (χ3v) is 2.44. The van der Waals surface area contributed by atoms with Crippen LogP contribution in [0.4, 0.5) is 5.69 Å². The Hall–Kier alpha value is -2.20. The van der Waals surface area contributed by atoms with Crippen LogP contribution in [0.15, 0.2) is 42.6 Å². The van der Waals surface area contributed by atoms with Gasteiger partial charge in [0.1, 0.15) is 0 Å². The van der Waals surface area contributed by atoms with Crippen molar-refractivity contribution in [1.29, 1.82) is 0 Å². The van der Waals surface area contributed by atoms with Gasteiger partial charge in [-0.1, -0.05) is 30.3 Å². The maximum absolute atomic E-state index is 12.2.